The molecule has 0 saturated carbocycles. The maximum Gasteiger partial charge on any atom is 0.409 e. The third-order valence-corrected chi connectivity index (χ3v) is 3.87. The number of amides is 1. The summed E-state index contributed by atoms with van der Waals surface area (Å²) in [6.07, 6.45) is 6.66. The highest BCUT2D eigenvalue weighted by molar-refractivity contribution is 5.67. The number of ether oxygens (including phenoxy) is 1. The molecule has 2 aromatic heterocycles. The van der Waals surface area contributed by atoms with Crippen LogP contribution in [0.2, 0.25) is 0 Å². The van der Waals surface area contributed by atoms with Gasteiger partial charge in [0.25, 0.3) is 5.56 Å². The minimum atomic E-state index is -0.255. The van der Waals surface area contributed by atoms with E-state index in [1.54, 1.807) is 28.6 Å². The number of nitrogens with one attached hydrogen (secondary N) is 1. The molecule has 1 N–H and O–H groups in total. The molecule has 0 radical (unpaired) electrons. The van der Waals surface area contributed by atoms with Gasteiger partial charge in [-0.05, 0) is 19.8 Å². The highest BCUT2D eigenvalue weighted by atomic mass is 16.6. The Morgan fingerprint density at radius 2 is 2.24 bits per heavy atom. The minimum Gasteiger partial charge on any atom is -0.450 e. The SMILES string of the molecule is CCOC(=O)N1CCC(c2cn3ccnc3c(=O)[nH]2)CC1. The van der Waals surface area contributed by atoms with E-state index in [9.17, 15) is 9.59 Å². The van der Waals surface area contributed by atoms with Crippen molar-refractivity contribution in [2.24, 2.45) is 0 Å². The Morgan fingerprint density at radius 3 is 2.95 bits per heavy atom. The highest BCUT2D eigenvalue weighted by Crippen LogP contribution is 2.26. The van der Waals surface area contributed by atoms with Crippen LogP contribution in [-0.4, -0.2) is 45.1 Å². The molecule has 1 aliphatic heterocycles. The summed E-state index contributed by atoms with van der Waals surface area (Å²) in [6.45, 7) is 3.49. The zero-order valence-corrected chi connectivity index (χ0v) is 11.9. The molecule has 0 unspecified atom stereocenters. The van der Waals surface area contributed by atoms with Crippen LogP contribution in [-0.2, 0) is 4.74 Å². The normalized spacial score (nSPS) is 16.3. The number of aromatic amines is 1. The summed E-state index contributed by atoms with van der Waals surface area (Å²) in [5, 5.41) is 0. The standard InChI is InChI=1S/C14H18N4O3/c1-2-21-14(20)17-6-3-10(4-7-17)11-9-18-8-5-15-12(18)13(19)16-11/h5,8-10H,2-4,6-7H2,1H3,(H,16,19). The number of rotatable bonds is 2. The van der Waals surface area contributed by atoms with Crippen LogP contribution in [0.1, 0.15) is 31.4 Å². The topological polar surface area (TPSA) is 79.7 Å². The number of carbonyl (C=O) groups excluding carboxylic acids is 1. The summed E-state index contributed by atoms with van der Waals surface area (Å²) in [6, 6.07) is 0. The van der Waals surface area contributed by atoms with E-state index in [0.717, 1.165) is 18.5 Å². The fourth-order valence-electron chi connectivity index (χ4n) is 2.76. The van der Waals surface area contributed by atoms with E-state index in [2.05, 4.69) is 9.97 Å². The molecule has 7 nitrogen and oxygen atoms in total. The van der Waals surface area contributed by atoms with E-state index in [0.29, 0.717) is 25.3 Å². The Balaban J connectivity index is 1.73. The van der Waals surface area contributed by atoms with Crippen LogP contribution in [0.3, 0.4) is 0 Å². The van der Waals surface area contributed by atoms with Crippen LogP contribution >= 0.6 is 0 Å². The van der Waals surface area contributed by atoms with Crippen molar-refractivity contribution in [1.29, 1.82) is 0 Å². The number of hydrogen-bond donors (Lipinski definition) is 1. The molecule has 3 rings (SSSR count). The Labute approximate surface area is 121 Å². The van der Waals surface area contributed by atoms with Gasteiger partial charge in [0.1, 0.15) is 0 Å². The van der Waals surface area contributed by atoms with Crippen molar-refractivity contribution in [3.63, 3.8) is 0 Å². The predicted molar refractivity (Wildman–Crippen MR) is 76.4 cm³/mol. The molecule has 0 bridgehead atoms. The zero-order valence-electron chi connectivity index (χ0n) is 11.9. The van der Waals surface area contributed by atoms with Crippen molar-refractivity contribution in [3.8, 4) is 0 Å². The third-order valence-electron chi connectivity index (χ3n) is 3.87. The van der Waals surface area contributed by atoms with Crippen LogP contribution in [0, 0.1) is 0 Å². The molecule has 1 amide bonds. The fraction of sp³-hybridized carbons (Fsp3) is 0.500. The number of imidazole rings is 1. The van der Waals surface area contributed by atoms with Gasteiger partial charge < -0.3 is 19.0 Å². The second-order valence-electron chi connectivity index (χ2n) is 5.16. The molecular formula is C14H18N4O3. The largest absolute Gasteiger partial charge is 0.450 e. The second-order valence-corrected chi connectivity index (χ2v) is 5.16. The number of likely N-dealkylation sites (tertiary alicyclic amines) is 1. The molecule has 0 spiro atoms. The van der Waals surface area contributed by atoms with Gasteiger partial charge in [0.05, 0.1) is 6.61 Å². The van der Waals surface area contributed by atoms with E-state index < -0.39 is 0 Å². The van der Waals surface area contributed by atoms with Crippen molar-refractivity contribution in [1.82, 2.24) is 19.3 Å². The minimum absolute atomic E-state index is 0.176. The number of fused-ring (bicyclic) bond motifs is 1. The van der Waals surface area contributed by atoms with Gasteiger partial charge in [-0.2, -0.15) is 0 Å². The van der Waals surface area contributed by atoms with Crippen molar-refractivity contribution >= 4 is 11.7 Å². The maximum absolute atomic E-state index is 11.9. The van der Waals surface area contributed by atoms with E-state index in [1.165, 1.54) is 0 Å². The summed E-state index contributed by atoms with van der Waals surface area (Å²) in [7, 11) is 0. The van der Waals surface area contributed by atoms with Crippen LogP contribution in [0.25, 0.3) is 5.65 Å². The van der Waals surface area contributed by atoms with Gasteiger partial charge in [0, 0.05) is 43.3 Å². The smallest absolute Gasteiger partial charge is 0.409 e. The van der Waals surface area contributed by atoms with Crippen molar-refractivity contribution in [3.05, 3.63) is 34.6 Å². The quantitative estimate of drug-likeness (QED) is 0.905. The van der Waals surface area contributed by atoms with Gasteiger partial charge in [-0.1, -0.05) is 0 Å². The first-order valence-corrected chi connectivity index (χ1v) is 7.16. The summed E-state index contributed by atoms with van der Waals surface area (Å²) in [5.41, 5.74) is 1.13. The van der Waals surface area contributed by atoms with E-state index in [-0.39, 0.29) is 17.6 Å². The van der Waals surface area contributed by atoms with Crippen LogP contribution in [0.5, 0.6) is 0 Å². The molecule has 0 aromatic carbocycles. The Kier molecular flexibility index (Phi) is 3.64. The fourth-order valence-corrected chi connectivity index (χ4v) is 2.76. The molecular weight excluding hydrogens is 272 g/mol. The number of hydrogen-bond acceptors (Lipinski definition) is 4. The molecule has 7 heteroatoms. The van der Waals surface area contributed by atoms with E-state index in [4.69, 9.17) is 4.74 Å². The molecule has 1 fully saturated rings. The van der Waals surface area contributed by atoms with Crippen LogP contribution in [0.15, 0.2) is 23.4 Å². The first-order chi connectivity index (χ1) is 10.2. The number of aromatic nitrogens is 3. The first kappa shape index (κ1) is 13.7. The molecule has 0 aliphatic carbocycles. The molecule has 3 heterocycles. The van der Waals surface area contributed by atoms with Crippen molar-refractivity contribution in [2.45, 2.75) is 25.7 Å². The number of H-pyrrole nitrogens is 1. The average molecular weight is 290 g/mol. The third kappa shape index (κ3) is 2.63. The van der Waals surface area contributed by atoms with Crippen LogP contribution < -0.4 is 5.56 Å². The van der Waals surface area contributed by atoms with E-state index >= 15 is 0 Å². The lowest BCUT2D eigenvalue weighted by Crippen LogP contribution is -2.38. The number of nitrogens with zero attached hydrogens (tertiary/aromatic N) is 3. The lowest BCUT2D eigenvalue weighted by molar-refractivity contribution is 0.0968. The van der Waals surface area contributed by atoms with Gasteiger partial charge >= 0.3 is 6.09 Å². The summed E-state index contributed by atoms with van der Waals surface area (Å²) in [4.78, 5) is 32.2. The molecule has 0 atom stereocenters. The van der Waals surface area contributed by atoms with Crippen molar-refractivity contribution < 1.29 is 9.53 Å². The molecule has 1 aliphatic rings. The number of piperidine rings is 1. The molecule has 1 saturated heterocycles. The second kappa shape index (κ2) is 5.59. The maximum atomic E-state index is 11.9. The molecule has 112 valence electrons. The van der Waals surface area contributed by atoms with Crippen molar-refractivity contribution in [2.75, 3.05) is 19.7 Å². The Bertz CT molecular complexity index is 698. The highest BCUT2D eigenvalue weighted by Gasteiger charge is 2.25. The summed E-state index contributed by atoms with van der Waals surface area (Å²) >= 11 is 0. The average Bonchev–Trinajstić information content (AvgIpc) is 2.97. The van der Waals surface area contributed by atoms with Gasteiger partial charge in [-0.15, -0.1) is 0 Å². The monoisotopic (exact) mass is 290 g/mol. The zero-order chi connectivity index (χ0) is 14.8. The molecule has 21 heavy (non-hydrogen) atoms. The van der Waals surface area contributed by atoms with Gasteiger partial charge in [0.15, 0.2) is 0 Å². The molecule has 2 aromatic rings. The summed E-state index contributed by atoms with van der Waals surface area (Å²) in [5.74, 6) is 0.246. The first-order valence-electron chi connectivity index (χ1n) is 7.16. The Hall–Kier alpha value is -2.31. The number of carbonyl (C=O) groups is 1. The Morgan fingerprint density at radius 1 is 1.48 bits per heavy atom. The lowest BCUT2D eigenvalue weighted by atomic mass is 9.94. The van der Waals surface area contributed by atoms with E-state index in [1.807, 2.05) is 6.20 Å². The summed E-state index contributed by atoms with van der Waals surface area (Å²) < 4.78 is 6.75. The van der Waals surface area contributed by atoms with Gasteiger partial charge in [-0.3, -0.25) is 4.79 Å². The van der Waals surface area contributed by atoms with Crippen LogP contribution in [0.4, 0.5) is 4.79 Å². The lowest BCUT2D eigenvalue weighted by Gasteiger charge is -2.31. The van der Waals surface area contributed by atoms with Gasteiger partial charge in [0.2, 0.25) is 5.65 Å². The van der Waals surface area contributed by atoms with Gasteiger partial charge in [-0.25, -0.2) is 9.78 Å². The predicted octanol–water partition coefficient (Wildman–Crippen LogP) is 1.36.